The van der Waals surface area contributed by atoms with Crippen molar-refractivity contribution in [3.8, 4) is 0 Å². The van der Waals surface area contributed by atoms with E-state index in [0.717, 1.165) is 32.2 Å². The molecule has 0 aromatic carbocycles. The summed E-state index contributed by atoms with van der Waals surface area (Å²) in [5, 5.41) is 3.03. The molecule has 3 amide bonds. The van der Waals surface area contributed by atoms with Crippen LogP contribution in [-0.2, 0) is 23.9 Å². The van der Waals surface area contributed by atoms with E-state index in [9.17, 15) is 19.2 Å². The Morgan fingerprint density at radius 2 is 1.55 bits per heavy atom. The molecule has 2 aliphatic heterocycles. The minimum absolute atomic E-state index is 0.0278. The van der Waals surface area contributed by atoms with Gasteiger partial charge in [0.15, 0.2) is 0 Å². The van der Waals surface area contributed by atoms with Gasteiger partial charge in [-0.2, -0.15) is 0 Å². The molecule has 0 aliphatic carbocycles. The fourth-order valence-corrected chi connectivity index (χ4v) is 5.41. The average Bonchev–Trinajstić information content (AvgIpc) is 3.34. The number of carbonyl (C=O) groups excluding carboxylic acids is 4. The van der Waals surface area contributed by atoms with Crippen LogP contribution in [0, 0.1) is 11.8 Å². The molecule has 0 spiro atoms. The van der Waals surface area contributed by atoms with Crippen LogP contribution in [0.4, 0.5) is 0 Å². The maximum Gasteiger partial charge on any atom is 0.329 e. The van der Waals surface area contributed by atoms with Gasteiger partial charge in [0, 0.05) is 19.2 Å². The first-order chi connectivity index (χ1) is 17.8. The number of esters is 1. The van der Waals surface area contributed by atoms with Crippen molar-refractivity contribution in [1.82, 2.24) is 20.0 Å². The smallest absolute Gasteiger partial charge is 0.329 e. The van der Waals surface area contributed by atoms with Gasteiger partial charge in [-0.1, -0.05) is 40.2 Å². The summed E-state index contributed by atoms with van der Waals surface area (Å²) in [5.74, 6) is -0.940. The van der Waals surface area contributed by atoms with E-state index in [4.69, 9.17) is 4.74 Å². The van der Waals surface area contributed by atoms with Crippen molar-refractivity contribution in [3.05, 3.63) is 11.6 Å². The van der Waals surface area contributed by atoms with Crippen molar-refractivity contribution in [2.24, 2.45) is 11.8 Å². The highest BCUT2D eigenvalue weighted by atomic mass is 16.5. The summed E-state index contributed by atoms with van der Waals surface area (Å²) in [7, 11) is 3.68. The summed E-state index contributed by atoms with van der Waals surface area (Å²) in [6.07, 6.45) is 5.78. The molecule has 38 heavy (non-hydrogen) atoms. The second-order valence-electron chi connectivity index (χ2n) is 11.9. The number of nitrogens with zero attached hydrogens (tertiary/aromatic N) is 3. The van der Waals surface area contributed by atoms with E-state index in [1.54, 1.807) is 37.6 Å². The molecule has 0 aromatic heterocycles. The Morgan fingerprint density at radius 1 is 0.921 bits per heavy atom. The average molecular weight is 535 g/mol. The number of likely N-dealkylation sites (tertiary alicyclic amines) is 2. The maximum absolute atomic E-state index is 13.7. The summed E-state index contributed by atoms with van der Waals surface area (Å²) in [6, 6.07) is -1.82. The first-order valence-electron chi connectivity index (χ1n) is 14.2. The predicted molar refractivity (Wildman–Crippen MR) is 148 cm³/mol. The van der Waals surface area contributed by atoms with Crippen LogP contribution in [0.25, 0.3) is 0 Å². The summed E-state index contributed by atoms with van der Waals surface area (Å²) < 4.78 is 5.37. The number of piperidine rings is 1. The SMILES string of the molecule is CC(=CC(C(C)C)N(C)C(=O)[C@@H](NC(=O)[C@H]1CCCCN1C)C(C)C)C(=O)N1CCC[C@H]1C(=O)OC(C)C. The molecule has 2 rings (SSSR count). The molecule has 1 unspecified atom stereocenters. The number of hydrogen-bond donors (Lipinski definition) is 1. The van der Waals surface area contributed by atoms with Crippen molar-refractivity contribution in [1.29, 1.82) is 0 Å². The molecule has 1 N–H and O–H groups in total. The Balaban J connectivity index is 2.19. The fourth-order valence-electron chi connectivity index (χ4n) is 5.41. The Labute approximate surface area is 229 Å². The minimum atomic E-state index is -0.665. The molecule has 2 fully saturated rings. The van der Waals surface area contributed by atoms with Crippen LogP contribution in [0.15, 0.2) is 11.6 Å². The van der Waals surface area contributed by atoms with E-state index in [2.05, 4.69) is 10.2 Å². The van der Waals surface area contributed by atoms with Crippen molar-refractivity contribution in [3.63, 3.8) is 0 Å². The Kier molecular flexibility index (Phi) is 11.8. The van der Waals surface area contributed by atoms with Gasteiger partial charge in [-0.25, -0.2) is 4.79 Å². The summed E-state index contributed by atoms with van der Waals surface area (Å²) in [5.41, 5.74) is 0.488. The maximum atomic E-state index is 13.7. The number of amides is 3. The van der Waals surface area contributed by atoms with Gasteiger partial charge >= 0.3 is 5.97 Å². The summed E-state index contributed by atoms with van der Waals surface area (Å²) in [4.78, 5) is 58.0. The third-order valence-electron chi connectivity index (χ3n) is 7.68. The molecule has 0 bridgehead atoms. The van der Waals surface area contributed by atoms with Gasteiger partial charge in [0.05, 0.1) is 18.2 Å². The predicted octanol–water partition coefficient (Wildman–Crippen LogP) is 2.98. The fraction of sp³-hybridized carbons (Fsp3) is 0.793. The third-order valence-corrected chi connectivity index (χ3v) is 7.68. The second kappa shape index (κ2) is 14.1. The normalized spacial score (nSPS) is 22.5. The lowest BCUT2D eigenvalue weighted by molar-refractivity contribution is -0.155. The molecule has 2 aliphatic rings. The number of nitrogens with one attached hydrogen (secondary N) is 1. The lowest BCUT2D eigenvalue weighted by Gasteiger charge is -2.36. The quantitative estimate of drug-likeness (QED) is 0.342. The van der Waals surface area contributed by atoms with E-state index in [1.807, 2.05) is 40.8 Å². The molecular weight excluding hydrogens is 484 g/mol. The van der Waals surface area contributed by atoms with Crippen LogP contribution in [0.2, 0.25) is 0 Å². The molecular formula is C29H50N4O5. The largest absolute Gasteiger partial charge is 0.461 e. The van der Waals surface area contributed by atoms with Crippen molar-refractivity contribution in [2.45, 2.75) is 111 Å². The van der Waals surface area contributed by atoms with E-state index in [-0.39, 0.29) is 53.7 Å². The lowest BCUT2D eigenvalue weighted by Crippen LogP contribution is -2.57. The highest BCUT2D eigenvalue weighted by Crippen LogP contribution is 2.23. The molecule has 9 nitrogen and oxygen atoms in total. The zero-order valence-electron chi connectivity index (χ0n) is 25.0. The number of likely N-dealkylation sites (N-methyl/N-ethyl adjacent to an activating group) is 2. The summed E-state index contributed by atoms with van der Waals surface area (Å²) >= 11 is 0. The first kappa shape index (κ1) is 31.8. The van der Waals surface area contributed by atoms with Crippen molar-refractivity contribution < 1.29 is 23.9 Å². The monoisotopic (exact) mass is 534 g/mol. The van der Waals surface area contributed by atoms with Gasteiger partial charge in [-0.3, -0.25) is 19.3 Å². The van der Waals surface area contributed by atoms with Crippen LogP contribution in [0.5, 0.6) is 0 Å². The number of ether oxygens (including phenoxy) is 1. The van der Waals surface area contributed by atoms with Crippen molar-refractivity contribution >= 4 is 23.7 Å². The van der Waals surface area contributed by atoms with Gasteiger partial charge in [-0.15, -0.1) is 0 Å². The Morgan fingerprint density at radius 3 is 2.11 bits per heavy atom. The van der Waals surface area contributed by atoms with Crippen LogP contribution in [0.1, 0.15) is 80.6 Å². The zero-order valence-corrected chi connectivity index (χ0v) is 25.0. The van der Waals surface area contributed by atoms with E-state index >= 15 is 0 Å². The molecule has 4 atom stereocenters. The Hall–Kier alpha value is -2.42. The molecule has 9 heteroatoms. The number of carbonyl (C=O) groups is 4. The molecule has 216 valence electrons. The van der Waals surface area contributed by atoms with Crippen LogP contribution in [-0.4, -0.2) is 95.8 Å². The van der Waals surface area contributed by atoms with Gasteiger partial charge in [0.25, 0.3) is 0 Å². The molecule has 0 radical (unpaired) electrons. The standard InChI is InChI=1S/C29H50N4O5/c1-18(2)24(17-21(7)27(35)33-16-12-14-23(33)29(37)38-20(5)6)32(9)28(36)25(19(3)4)30-26(34)22-13-10-11-15-31(22)8/h17-20,22-25H,10-16H2,1-9H3,(H,30,34)/t22-,23+,24?,25+/m1/s1. The highest BCUT2D eigenvalue weighted by molar-refractivity contribution is 5.96. The first-order valence-corrected chi connectivity index (χ1v) is 14.2. The molecule has 0 aromatic rings. The van der Waals surface area contributed by atoms with E-state index < -0.39 is 12.1 Å². The number of hydrogen-bond acceptors (Lipinski definition) is 6. The topological polar surface area (TPSA) is 99.3 Å². The van der Waals surface area contributed by atoms with Crippen molar-refractivity contribution in [2.75, 3.05) is 27.2 Å². The van der Waals surface area contributed by atoms with E-state index in [0.29, 0.717) is 18.5 Å². The van der Waals surface area contributed by atoms with Gasteiger partial charge < -0.3 is 19.9 Å². The summed E-state index contributed by atoms with van der Waals surface area (Å²) in [6.45, 7) is 14.6. The minimum Gasteiger partial charge on any atom is -0.461 e. The molecule has 0 saturated carbocycles. The van der Waals surface area contributed by atoms with Crippen LogP contribution in [0.3, 0.4) is 0 Å². The van der Waals surface area contributed by atoms with Gasteiger partial charge in [0.1, 0.15) is 12.1 Å². The van der Waals surface area contributed by atoms with Gasteiger partial charge in [-0.05, 0) is 71.9 Å². The van der Waals surface area contributed by atoms with Gasteiger partial charge in [0.2, 0.25) is 17.7 Å². The second-order valence-corrected chi connectivity index (χ2v) is 11.9. The zero-order chi connectivity index (χ0) is 28.7. The molecule has 2 saturated heterocycles. The Bertz CT molecular complexity index is 884. The van der Waals surface area contributed by atoms with Crippen LogP contribution >= 0.6 is 0 Å². The van der Waals surface area contributed by atoms with E-state index in [1.165, 1.54) is 0 Å². The highest BCUT2D eigenvalue weighted by Gasteiger charge is 2.37. The molecule has 2 heterocycles. The number of rotatable bonds is 10. The van der Waals surface area contributed by atoms with Crippen LogP contribution < -0.4 is 5.32 Å². The lowest BCUT2D eigenvalue weighted by atomic mass is 9.96. The third kappa shape index (κ3) is 8.04.